The zero-order valence-corrected chi connectivity index (χ0v) is 21.8. The van der Waals surface area contributed by atoms with E-state index in [4.69, 9.17) is 37.4 Å². The van der Waals surface area contributed by atoms with Gasteiger partial charge in [-0.25, -0.2) is 14.4 Å². The summed E-state index contributed by atoms with van der Waals surface area (Å²) in [5.74, 6) is 0.746. The Morgan fingerprint density at radius 2 is 1.89 bits per heavy atom. The number of carbonyl (C=O) groups excluding carboxylic acids is 1. The molecule has 0 spiro atoms. The zero-order chi connectivity index (χ0) is 26.4. The van der Waals surface area contributed by atoms with Crippen molar-refractivity contribution in [3.8, 4) is 11.5 Å². The summed E-state index contributed by atoms with van der Waals surface area (Å²) in [6.45, 7) is 4.75. The molecule has 2 bridgehead atoms. The van der Waals surface area contributed by atoms with Crippen LogP contribution < -0.4 is 14.8 Å². The Bertz CT molecular complexity index is 1410. The third kappa shape index (κ3) is 4.63. The first kappa shape index (κ1) is 25.2. The molecule has 1 aromatic heterocycles. The van der Waals surface area contributed by atoms with Crippen molar-refractivity contribution >= 4 is 51.5 Å². The molecular formula is C27H25Cl2FN4O4. The Morgan fingerprint density at radius 3 is 2.63 bits per heavy atom. The van der Waals surface area contributed by atoms with Gasteiger partial charge in [0.15, 0.2) is 17.3 Å². The summed E-state index contributed by atoms with van der Waals surface area (Å²) in [4.78, 5) is 22.8. The van der Waals surface area contributed by atoms with Gasteiger partial charge >= 0.3 is 0 Å². The minimum absolute atomic E-state index is 0.0388. The zero-order valence-electron chi connectivity index (χ0n) is 20.3. The predicted molar refractivity (Wildman–Crippen MR) is 142 cm³/mol. The van der Waals surface area contributed by atoms with Crippen LogP contribution in [0.2, 0.25) is 10.0 Å². The van der Waals surface area contributed by atoms with Crippen molar-refractivity contribution in [1.29, 1.82) is 0 Å². The van der Waals surface area contributed by atoms with Crippen LogP contribution in [0.1, 0.15) is 25.7 Å². The molecule has 1 N–H and O–H groups in total. The number of halogens is 3. The highest BCUT2D eigenvalue weighted by Crippen LogP contribution is 2.43. The highest BCUT2D eigenvalue weighted by molar-refractivity contribution is 6.42. The molecule has 3 saturated heterocycles. The number of nitrogens with one attached hydrogen (secondary N) is 1. The molecule has 3 aliphatic heterocycles. The third-order valence-electron chi connectivity index (χ3n) is 7.29. The molecule has 1 saturated carbocycles. The lowest BCUT2D eigenvalue weighted by molar-refractivity contribution is -0.148. The van der Waals surface area contributed by atoms with Crippen LogP contribution in [0.25, 0.3) is 10.9 Å². The van der Waals surface area contributed by atoms with Crippen molar-refractivity contribution in [2.75, 3.05) is 18.5 Å². The highest BCUT2D eigenvalue weighted by Gasteiger charge is 2.48. The fourth-order valence-corrected chi connectivity index (χ4v) is 5.76. The maximum absolute atomic E-state index is 14.8. The summed E-state index contributed by atoms with van der Waals surface area (Å²) in [5.41, 5.74) is 0.725. The summed E-state index contributed by atoms with van der Waals surface area (Å²) in [7, 11) is 0. The molecule has 3 atom stereocenters. The average molecular weight is 559 g/mol. The van der Waals surface area contributed by atoms with Gasteiger partial charge in [-0.3, -0.25) is 4.79 Å². The number of benzene rings is 2. The van der Waals surface area contributed by atoms with E-state index in [9.17, 15) is 9.18 Å². The van der Waals surface area contributed by atoms with Crippen LogP contribution in [0.5, 0.6) is 11.5 Å². The second-order valence-electron chi connectivity index (χ2n) is 9.69. The maximum atomic E-state index is 14.8. The number of hydrogen-bond acceptors (Lipinski definition) is 7. The Balaban J connectivity index is 1.32. The molecule has 1 aliphatic carbocycles. The summed E-state index contributed by atoms with van der Waals surface area (Å²) in [6.07, 6.45) is 5.73. The lowest BCUT2D eigenvalue weighted by Gasteiger charge is -2.54. The van der Waals surface area contributed by atoms with Crippen LogP contribution in [0, 0.1) is 5.82 Å². The molecule has 7 rings (SSSR count). The summed E-state index contributed by atoms with van der Waals surface area (Å²) >= 11 is 11.9. The van der Waals surface area contributed by atoms with E-state index in [1.165, 1.54) is 24.5 Å². The van der Waals surface area contributed by atoms with Gasteiger partial charge in [0, 0.05) is 42.8 Å². The molecule has 38 heavy (non-hydrogen) atoms. The number of rotatable bonds is 7. The number of ether oxygens (including phenoxy) is 3. The number of fused-ring (bicyclic) bond motifs is 3. The Morgan fingerprint density at radius 1 is 1.13 bits per heavy atom. The summed E-state index contributed by atoms with van der Waals surface area (Å²) in [5, 5.41) is 3.57. The Labute approximate surface area is 228 Å². The number of piperidine rings is 1. The summed E-state index contributed by atoms with van der Waals surface area (Å²) in [6, 6.07) is 6.89. The molecule has 2 unspecified atom stereocenters. The van der Waals surface area contributed by atoms with Crippen LogP contribution in [-0.2, 0) is 9.53 Å². The lowest BCUT2D eigenvalue weighted by Crippen LogP contribution is -2.64. The average Bonchev–Trinajstić information content (AvgIpc) is 3.42. The number of carbonyl (C=O) groups is 1. The molecule has 4 aliphatic rings. The quantitative estimate of drug-likeness (QED) is 0.294. The van der Waals surface area contributed by atoms with E-state index in [0.29, 0.717) is 54.3 Å². The number of nitrogens with zero attached hydrogens (tertiary/aromatic N) is 3. The van der Waals surface area contributed by atoms with E-state index in [2.05, 4.69) is 21.9 Å². The second-order valence-corrected chi connectivity index (χ2v) is 10.5. The maximum Gasteiger partial charge on any atom is 0.246 e. The van der Waals surface area contributed by atoms with Crippen molar-refractivity contribution in [2.45, 2.75) is 50.0 Å². The Kier molecular flexibility index (Phi) is 6.75. The van der Waals surface area contributed by atoms with Gasteiger partial charge in [0.25, 0.3) is 0 Å². The fraction of sp³-hybridized carbons (Fsp3) is 0.370. The van der Waals surface area contributed by atoms with E-state index < -0.39 is 5.82 Å². The van der Waals surface area contributed by atoms with E-state index in [1.807, 2.05) is 11.0 Å². The molecule has 198 valence electrons. The van der Waals surface area contributed by atoms with Crippen LogP contribution in [-0.4, -0.2) is 58.3 Å². The fourth-order valence-electron chi connectivity index (χ4n) is 5.45. The Hall–Kier alpha value is -3.14. The topological polar surface area (TPSA) is 85.8 Å². The van der Waals surface area contributed by atoms with Gasteiger partial charge in [-0.15, -0.1) is 0 Å². The minimum atomic E-state index is -0.677. The lowest BCUT2D eigenvalue weighted by atomic mass is 9.78. The summed E-state index contributed by atoms with van der Waals surface area (Å²) < 4.78 is 33.0. The number of aromatic nitrogens is 2. The van der Waals surface area contributed by atoms with Crippen LogP contribution >= 0.6 is 23.2 Å². The van der Waals surface area contributed by atoms with Gasteiger partial charge in [-0.2, -0.15) is 0 Å². The first-order valence-corrected chi connectivity index (χ1v) is 13.2. The van der Waals surface area contributed by atoms with Crippen LogP contribution in [0.3, 0.4) is 0 Å². The molecule has 0 radical (unpaired) electrons. The molecule has 1 amide bonds. The van der Waals surface area contributed by atoms with Gasteiger partial charge in [-0.1, -0.05) is 29.8 Å². The van der Waals surface area contributed by atoms with E-state index >= 15 is 0 Å². The van der Waals surface area contributed by atoms with Gasteiger partial charge in [0.2, 0.25) is 5.91 Å². The van der Waals surface area contributed by atoms with Crippen LogP contribution in [0.15, 0.2) is 43.2 Å². The highest BCUT2D eigenvalue weighted by atomic mass is 35.5. The van der Waals surface area contributed by atoms with Crippen molar-refractivity contribution in [3.63, 3.8) is 0 Å². The van der Waals surface area contributed by atoms with Crippen molar-refractivity contribution in [2.24, 2.45) is 0 Å². The van der Waals surface area contributed by atoms with Crippen molar-refractivity contribution in [1.82, 2.24) is 14.9 Å². The predicted octanol–water partition coefficient (Wildman–Crippen LogP) is 5.68. The molecule has 11 heteroatoms. The number of hydrogen-bond donors (Lipinski definition) is 1. The van der Waals surface area contributed by atoms with Gasteiger partial charge in [-0.05, 0) is 30.7 Å². The monoisotopic (exact) mass is 558 g/mol. The second kappa shape index (κ2) is 10.2. The largest absolute Gasteiger partial charge is 0.486 e. The van der Waals surface area contributed by atoms with Gasteiger partial charge < -0.3 is 24.4 Å². The smallest absolute Gasteiger partial charge is 0.246 e. The van der Waals surface area contributed by atoms with Crippen molar-refractivity contribution < 1.29 is 23.4 Å². The van der Waals surface area contributed by atoms with E-state index in [1.54, 1.807) is 6.07 Å². The first-order valence-electron chi connectivity index (χ1n) is 12.5. The normalized spacial score (nSPS) is 24.1. The SMILES string of the molecule is C=CC(=O)N1C2CC(Oc3cc4c(Nc5ccc(Cl)c(Cl)c5F)ncnc4cc3O[C@@H]3CCOC3)CC1C2. The van der Waals surface area contributed by atoms with Crippen molar-refractivity contribution in [3.05, 3.63) is 59.1 Å². The molecule has 4 heterocycles. The molecule has 2 aromatic carbocycles. The van der Waals surface area contributed by atoms with Gasteiger partial charge in [0.05, 0.1) is 34.5 Å². The van der Waals surface area contributed by atoms with Crippen LogP contribution in [0.4, 0.5) is 15.9 Å². The van der Waals surface area contributed by atoms with Gasteiger partial charge in [0.1, 0.15) is 24.4 Å². The number of anilines is 2. The molecular weight excluding hydrogens is 534 g/mol. The third-order valence-corrected chi connectivity index (χ3v) is 8.08. The molecule has 4 fully saturated rings. The molecule has 8 nitrogen and oxygen atoms in total. The number of amides is 1. The van der Waals surface area contributed by atoms with E-state index in [-0.39, 0.29) is 45.9 Å². The molecule has 3 aromatic rings. The minimum Gasteiger partial charge on any atom is -0.486 e. The standard InChI is InChI=1S/C27H25Cl2FN4O4/c1-2-24(35)34-14-7-15(34)9-17(8-14)38-22-10-18-21(11-23(22)37-16-5-6-36-12-16)31-13-32-27(18)33-20-4-3-19(28)25(29)26(20)30/h2-4,10-11,13-17H,1,5-9,12H2,(H,31,32,33)/t14?,15?,16-,17?/m1/s1. The first-order chi connectivity index (χ1) is 18.4. The van der Waals surface area contributed by atoms with E-state index in [0.717, 1.165) is 12.8 Å².